The van der Waals surface area contributed by atoms with Crippen molar-refractivity contribution >= 4 is 34.7 Å². The highest BCUT2D eigenvalue weighted by molar-refractivity contribution is 8.00. The standard InChI is InChI=1S/C27H24F4N2OS/c1-32-26(34)25-22(18-8-10-20(28)11-9-18)14-19-15-24(33(35-2)13-12-27(29,30)31)21(16-23(19)25)17-6-4-3-5-7-17/h3-11,15-16H,12-14H2,1-2H3,(H,32,34). The maximum atomic E-state index is 13.6. The van der Waals surface area contributed by atoms with Gasteiger partial charge >= 0.3 is 6.18 Å². The van der Waals surface area contributed by atoms with Crippen LogP contribution in [0.2, 0.25) is 0 Å². The number of hydrogen-bond donors (Lipinski definition) is 1. The minimum atomic E-state index is -4.28. The molecule has 0 saturated heterocycles. The molecule has 1 N–H and O–H groups in total. The van der Waals surface area contributed by atoms with Crippen LogP contribution in [0.4, 0.5) is 23.2 Å². The molecule has 35 heavy (non-hydrogen) atoms. The van der Waals surface area contributed by atoms with E-state index in [0.29, 0.717) is 17.7 Å². The van der Waals surface area contributed by atoms with Crippen LogP contribution in [0.5, 0.6) is 0 Å². The number of halogens is 4. The number of fused-ring (bicyclic) bond motifs is 1. The molecule has 0 heterocycles. The van der Waals surface area contributed by atoms with E-state index in [4.69, 9.17) is 0 Å². The maximum Gasteiger partial charge on any atom is 0.390 e. The minimum absolute atomic E-state index is 0.205. The molecule has 1 aliphatic carbocycles. The normalized spacial score (nSPS) is 13.1. The highest BCUT2D eigenvalue weighted by Gasteiger charge is 2.31. The highest BCUT2D eigenvalue weighted by atomic mass is 32.2. The molecule has 4 rings (SSSR count). The predicted molar refractivity (Wildman–Crippen MR) is 134 cm³/mol. The molecule has 1 amide bonds. The number of nitrogens with zero attached hydrogens (tertiary/aromatic N) is 1. The zero-order chi connectivity index (χ0) is 25.2. The van der Waals surface area contributed by atoms with Gasteiger partial charge in [-0.3, -0.25) is 4.79 Å². The van der Waals surface area contributed by atoms with Gasteiger partial charge in [0, 0.05) is 25.4 Å². The fourth-order valence-electron chi connectivity index (χ4n) is 4.33. The fraction of sp³-hybridized carbons (Fsp3) is 0.222. The smallest absolute Gasteiger partial charge is 0.355 e. The van der Waals surface area contributed by atoms with E-state index in [-0.39, 0.29) is 18.3 Å². The van der Waals surface area contributed by atoms with Crippen LogP contribution in [0.3, 0.4) is 0 Å². The van der Waals surface area contributed by atoms with Crippen molar-refractivity contribution in [2.75, 3.05) is 24.2 Å². The summed E-state index contributed by atoms with van der Waals surface area (Å²) in [6.45, 7) is -0.205. The summed E-state index contributed by atoms with van der Waals surface area (Å²) in [6, 6.07) is 19.1. The van der Waals surface area contributed by atoms with Crippen molar-refractivity contribution in [3.8, 4) is 11.1 Å². The van der Waals surface area contributed by atoms with Gasteiger partial charge in [0.2, 0.25) is 0 Å². The second kappa shape index (κ2) is 10.2. The van der Waals surface area contributed by atoms with Gasteiger partial charge in [-0.15, -0.1) is 0 Å². The number of hydrogen-bond acceptors (Lipinski definition) is 3. The van der Waals surface area contributed by atoms with Crippen LogP contribution in [-0.4, -0.2) is 31.9 Å². The molecular weight excluding hydrogens is 476 g/mol. The van der Waals surface area contributed by atoms with Gasteiger partial charge in [-0.25, -0.2) is 4.39 Å². The third-order valence-electron chi connectivity index (χ3n) is 5.98. The molecule has 0 fully saturated rings. The van der Waals surface area contributed by atoms with Crippen LogP contribution in [0.25, 0.3) is 22.3 Å². The van der Waals surface area contributed by atoms with Crippen molar-refractivity contribution < 1.29 is 22.4 Å². The Hall–Kier alpha value is -3.26. The Morgan fingerprint density at radius 2 is 1.69 bits per heavy atom. The van der Waals surface area contributed by atoms with Gasteiger partial charge in [0.25, 0.3) is 5.91 Å². The Kier molecular flexibility index (Phi) is 7.21. The number of anilines is 1. The summed E-state index contributed by atoms with van der Waals surface area (Å²) >= 11 is 1.23. The molecule has 0 aliphatic heterocycles. The molecule has 3 aromatic carbocycles. The average molecular weight is 501 g/mol. The number of rotatable bonds is 7. The van der Waals surface area contributed by atoms with Crippen molar-refractivity contribution in [2.45, 2.75) is 19.0 Å². The van der Waals surface area contributed by atoms with Crippen LogP contribution in [0.15, 0.2) is 66.7 Å². The largest absolute Gasteiger partial charge is 0.390 e. The number of allylic oxidation sites excluding steroid dienone is 1. The summed E-state index contributed by atoms with van der Waals surface area (Å²) in [5.41, 5.74) is 5.76. The second-order valence-electron chi connectivity index (χ2n) is 8.16. The monoisotopic (exact) mass is 500 g/mol. The Labute approximate surface area is 206 Å². The Morgan fingerprint density at radius 3 is 2.29 bits per heavy atom. The number of carbonyl (C=O) groups is 1. The lowest BCUT2D eigenvalue weighted by Crippen LogP contribution is -2.23. The first-order chi connectivity index (χ1) is 16.7. The van der Waals surface area contributed by atoms with Gasteiger partial charge in [-0.05, 0) is 58.5 Å². The van der Waals surface area contributed by atoms with Crippen molar-refractivity contribution in [1.82, 2.24) is 5.32 Å². The first-order valence-electron chi connectivity index (χ1n) is 11.0. The summed E-state index contributed by atoms with van der Waals surface area (Å²) in [7, 11) is 1.55. The van der Waals surface area contributed by atoms with E-state index < -0.39 is 12.6 Å². The van der Waals surface area contributed by atoms with Crippen molar-refractivity contribution in [2.24, 2.45) is 0 Å². The number of likely N-dealkylation sites (N-methyl/N-ethyl adjacent to an activating group) is 1. The molecule has 3 nitrogen and oxygen atoms in total. The zero-order valence-electron chi connectivity index (χ0n) is 19.2. The average Bonchev–Trinajstić information content (AvgIpc) is 3.22. The summed E-state index contributed by atoms with van der Waals surface area (Å²) < 4.78 is 54.3. The Bertz CT molecular complexity index is 1250. The second-order valence-corrected chi connectivity index (χ2v) is 8.96. The topological polar surface area (TPSA) is 32.3 Å². The number of alkyl halides is 3. The molecule has 0 atom stereocenters. The lowest BCUT2D eigenvalue weighted by Gasteiger charge is -2.26. The molecule has 182 valence electrons. The van der Waals surface area contributed by atoms with Crippen molar-refractivity contribution in [1.29, 1.82) is 0 Å². The summed E-state index contributed by atoms with van der Waals surface area (Å²) in [4.78, 5) is 13.0. The van der Waals surface area contributed by atoms with Crippen LogP contribution < -0.4 is 9.62 Å². The van der Waals surface area contributed by atoms with Gasteiger partial charge in [0.15, 0.2) is 0 Å². The lowest BCUT2D eigenvalue weighted by atomic mass is 9.95. The van der Waals surface area contributed by atoms with Gasteiger partial charge in [-0.2, -0.15) is 13.2 Å². The Morgan fingerprint density at radius 1 is 1.00 bits per heavy atom. The minimum Gasteiger partial charge on any atom is -0.355 e. The van der Waals surface area contributed by atoms with Crippen LogP contribution in [0, 0.1) is 5.82 Å². The molecule has 0 spiro atoms. The SMILES string of the molecule is CNC(=O)C1=C(c2ccc(F)cc2)Cc2cc(N(CCC(F)(F)F)SC)c(-c3ccccc3)cc21. The van der Waals surface area contributed by atoms with Crippen molar-refractivity contribution in [3.63, 3.8) is 0 Å². The number of benzene rings is 3. The van der Waals surface area contributed by atoms with E-state index in [9.17, 15) is 22.4 Å². The summed E-state index contributed by atoms with van der Waals surface area (Å²) in [5.74, 6) is -0.645. The van der Waals surface area contributed by atoms with E-state index in [0.717, 1.165) is 33.4 Å². The quantitative estimate of drug-likeness (QED) is 0.288. The van der Waals surface area contributed by atoms with Crippen LogP contribution in [-0.2, 0) is 11.2 Å². The Balaban J connectivity index is 1.88. The van der Waals surface area contributed by atoms with Gasteiger partial charge in [0.1, 0.15) is 5.82 Å². The van der Waals surface area contributed by atoms with Gasteiger partial charge in [-0.1, -0.05) is 54.4 Å². The summed E-state index contributed by atoms with van der Waals surface area (Å²) in [5, 5.41) is 2.69. The predicted octanol–water partition coefficient (Wildman–Crippen LogP) is 6.74. The molecule has 1 aliphatic rings. The van der Waals surface area contributed by atoms with Crippen LogP contribution >= 0.6 is 11.9 Å². The van der Waals surface area contributed by atoms with E-state index in [2.05, 4.69) is 5.32 Å². The molecule has 0 aromatic heterocycles. The van der Waals surface area contributed by atoms with Crippen molar-refractivity contribution in [3.05, 3.63) is 89.2 Å². The molecule has 0 bridgehead atoms. The first-order valence-corrected chi connectivity index (χ1v) is 12.2. The lowest BCUT2D eigenvalue weighted by molar-refractivity contribution is -0.132. The maximum absolute atomic E-state index is 13.6. The number of amides is 1. The molecule has 0 saturated carbocycles. The third-order valence-corrected chi connectivity index (χ3v) is 6.80. The van der Waals surface area contributed by atoms with Crippen LogP contribution in [0.1, 0.15) is 23.1 Å². The molecule has 3 aromatic rings. The molecule has 8 heteroatoms. The zero-order valence-corrected chi connectivity index (χ0v) is 20.1. The molecule has 0 unspecified atom stereocenters. The summed E-state index contributed by atoms with van der Waals surface area (Å²) in [6.07, 6.45) is -3.06. The van der Waals surface area contributed by atoms with Gasteiger partial charge < -0.3 is 9.62 Å². The molecule has 0 radical (unpaired) electrons. The number of nitrogens with one attached hydrogen (secondary N) is 1. The van der Waals surface area contributed by atoms with E-state index in [1.165, 1.54) is 24.1 Å². The van der Waals surface area contributed by atoms with E-state index in [1.807, 2.05) is 42.5 Å². The van der Waals surface area contributed by atoms with Gasteiger partial charge in [0.05, 0.1) is 17.7 Å². The van der Waals surface area contributed by atoms with E-state index >= 15 is 0 Å². The fourth-order valence-corrected chi connectivity index (χ4v) is 4.95. The molecular formula is C27H24F4N2OS. The third kappa shape index (κ3) is 5.37. The first kappa shape index (κ1) is 24.9. The highest BCUT2D eigenvalue weighted by Crippen LogP contribution is 2.45. The van der Waals surface area contributed by atoms with E-state index in [1.54, 1.807) is 29.7 Å². The number of carbonyl (C=O) groups excluding carboxylic acids is 1.